The Morgan fingerprint density at radius 2 is 1.72 bits per heavy atom. The number of fused-ring (bicyclic) bond motifs is 1. The quantitative estimate of drug-likeness (QED) is 0.687. The molecule has 1 aromatic carbocycles. The number of hydrogen-bond donors (Lipinski definition) is 2. The number of aromatic nitrogens is 3. The maximum absolute atomic E-state index is 12.4. The fourth-order valence-corrected chi connectivity index (χ4v) is 3.03. The molecular weight excluding hydrogens is 338 g/mol. The zero-order valence-electron chi connectivity index (χ0n) is 13.8. The molecule has 8 heteroatoms. The third kappa shape index (κ3) is 4.16. The molecule has 3 aromatic rings. The van der Waals surface area contributed by atoms with Gasteiger partial charge < -0.3 is 10.6 Å². The minimum absolute atomic E-state index is 0.134. The molecule has 7 nitrogen and oxygen atoms in total. The van der Waals surface area contributed by atoms with Crippen LogP contribution in [0.5, 0.6) is 0 Å². The van der Waals surface area contributed by atoms with Crippen LogP contribution in [-0.2, 0) is 9.59 Å². The lowest BCUT2D eigenvalue weighted by Gasteiger charge is -2.11. The number of nitrogens with zero attached hydrogens (tertiary/aromatic N) is 3. The number of rotatable bonds is 5. The number of anilines is 2. The molecule has 2 N–H and O–H groups in total. The number of carbonyl (C=O) groups is 2. The van der Waals surface area contributed by atoms with Crippen LogP contribution in [0, 0.1) is 0 Å². The van der Waals surface area contributed by atoms with Crippen LogP contribution in [-0.4, -0.2) is 31.7 Å². The van der Waals surface area contributed by atoms with Gasteiger partial charge in [-0.15, -0.1) is 10.2 Å². The van der Waals surface area contributed by atoms with E-state index in [2.05, 4.69) is 20.8 Å². The first-order chi connectivity index (χ1) is 12.0. The van der Waals surface area contributed by atoms with E-state index in [0.717, 1.165) is 5.65 Å². The Morgan fingerprint density at radius 3 is 2.40 bits per heavy atom. The molecule has 0 spiro atoms. The largest absolute Gasteiger partial charge is 0.326 e. The van der Waals surface area contributed by atoms with Crippen LogP contribution in [0.2, 0.25) is 0 Å². The molecule has 0 saturated heterocycles. The molecule has 2 aromatic heterocycles. The first-order valence-electron chi connectivity index (χ1n) is 7.68. The number of thioether (sulfide) groups is 1. The summed E-state index contributed by atoms with van der Waals surface area (Å²) in [5.74, 6) is -0.271. The standard InChI is InChI=1S/C17H17N5O2S/c1-11(25-17-21-20-15-5-3-4-10-22(15)17)16(24)19-14-8-6-13(7-9-14)18-12(2)23/h3-11H,1-2H3,(H,18,23)(H,19,24)/t11-/m1/s1. The summed E-state index contributed by atoms with van der Waals surface area (Å²) in [6, 6.07) is 12.6. The molecule has 2 amide bonds. The molecule has 128 valence electrons. The lowest BCUT2D eigenvalue weighted by atomic mass is 10.2. The van der Waals surface area contributed by atoms with Crippen LogP contribution in [0.15, 0.2) is 53.8 Å². The minimum Gasteiger partial charge on any atom is -0.326 e. The second kappa shape index (κ2) is 7.35. The summed E-state index contributed by atoms with van der Waals surface area (Å²) in [4.78, 5) is 23.4. The highest BCUT2D eigenvalue weighted by Crippen LogP contribution is 2.23. The number of benzene rings is 1. The van der Waals surface area contributed by atoms with Gasteiger partial charge in [-0.25, -0.2) is 0 Å². The molecule has 0 unspecified atom stereocenters. The van der Waals surface area contributed by atoms with E-state index in [1.165, 1.54) is 18.7 Å². The molecule has 2 heterocycles. The minimum atomic E-state index is -0.345. The van der Waals surface area contributed by atoms with Crippen molar-refractivity contribution >= 4 is 40.6 Å². The number of nitrogens with one attached hydrogen (secondary N) is 2. The smallest absolute Gasteiger partial charge is 0.237 e. The van der Waals surface area contributed by atoms with Gasteiger partial charge in [0.15, 0.2) is 10.8 Å². The first-order valence-corrected chi connectivity index (χ1v) is 8.56. The van der Waals surface area contributed by atoms with E-state index < -0.39 is 0 Å². The maximum atomic E-state index is 12.4. The lowest BCUT2D eigenvalue weighted by Crippen LogP contribution is -2.22. The van der Waals surface area contributed by atoms with Crippen molar-refractivity contribution in [3.63, 3.8) is 0 Å². The van der Waals surface area contributed by atoms with Crippen LogP contribution in [0.25, 0.3) is 5.65 Å². The van der Waals surface area contributed by atoms with Crippen LogP contribution in [0.1, 0.15) is 13.8 Å². The van der Waals surface area contributed by atoms with Gasteiger partial charge in [-0.3, -0.25) is 14.0 Å². The second-order valence-electron chi connectivity index (χ2n) is 5.42. The van der Waals surface area contributed by atoms with E-state index in [1.807, 2.05) is 35.7 Å². The van der Waals surface area contributed by atoms with Gasteiger partial charge >= 0.3 is 0 Å². The van der Waals surface area contributed by atoms with Crippen molar-refractivity contribution in [1.82, 2.24) is 14.6 Å². The van der Waals surface area contributed by atoms with Gasteiger partial charge in [-0.1, -0.05) is 17.8 Å². The van der Waals surface area contributed by atoms with Crippen molar-refractivity contribution in [3.8, 4) is 0 Å². The Morgan fingerprint density at radius 1 is 1.04 bits per heavy atom. The Bertz CT molecular complexity index is 907. The number of pyridine rings is 1. The summed E-state index contributed by atoms with van der Waals surface area (Å²) >= 11 is 1.34. The van der Waals surface area contributed by atoms with Crippen LogP contribution < -0.4 is 10.6 Å². The Kier molecular flexibility index (Phi) is 4.99. The van der Waals surface area contributed by atoms with Crippen molar-refractivity contribution < 1.29 is 9.59 Å². The lowest BCUT2D eigenvalue weighted by molar-refractivity contribution is -0.115. The van der Waals surface area contributed by atoms with E-state index in [1.54, 1.807) is 24.3 Å². The molecule has 1 atom stereocenters. The number of carbonyl (C=O) groups excluding carboxylic acids is 2. The molecule has 0 aliphatic carbocycles. The zero-order valence-corrected chi connectivity index (χ0v) is 14.6. The Hall–Kier alpha value is -2.87. The molecular formula is C17H17N5O2S. The predicted octanol–water partition coefficient (Wildman–Crippen LogP) is 2.81. The number of hydrogen-bond acceptors (Lipinski definition) is 5. The summed E-state index contributed by atoms with van der Waals surface area (Å²) in [5, 5.41) is 14.0. The average Bonchev–Trinajstić information content (AvgIpc) is 2.99. The highest BCUT2D eigenvalue weighted by molar-refractivity contribution is 8.00. The van der Waals surface area contributed by atoms with Gasteiger partial charge in [-0.2, -0.15) is 0 Å². The third-order valence-electron chi connectivity index (χ3n) is 3.41. The van der Waals surface area contributed by atoms with Gasteiger partial charge in [0.2, 0.25) is 11.8 Å². The number of amides is 2. The maximum Gasteiger partial charge on any atom is 0.237 e. The fourth-order valence-electron chi connectivity index (χ4n) is 2.20. The molecule has 0 saturated carbocycles. The van der Waals surface area contributed by atoms with Crippen molar-refractivity contribution in [3.05, 3.63) is 48.7 Å². The van der Waals surface area contributed by atoms with Gasteiger partial charge in [-0.05, 0) is 43.3 Å². The molecule has 0 aliphatic heterocycles. The van der Waals surface area contributed by atoms with Gasteiger partial charge in [0.25, 0.3) is 0 Å². The topological polar surface area (TPSA) is 88.4 Å². The molecule has 25 heavy (non-hydrogen) atoms. The van der Waals surface area contributed by atoms with Crippen molar-refractivity contribution in [2.75, 3.05) is 10.6 Å². The first kappa shape index (κ1) is 17.0. The van der Waals surface area contributed by atoms with E-state index in [4.69, 9.17) is 0 Å². The zero-order chi connectivity index (χ0) is 17.8. The van der Waals surface area contributed by atoms with Gasteiger partial charge in [0.05, 0.1) is 5.25 Å². The van der Waals surface area contributed by atoms with E-state index in [-0.39, 0.29) is 17.1 Å². The summed E-state index contributed by atoms with van der Waals surface area (Å²) in [7, 11) is 0. The third-order valence-corrected chi connectivity index (χ3v) is 4.46. The molecule has 0 fully saturated rings. The van der Waals surface area contributed by atoms with E-state index >= 15 is 0 Å². The van der Waals surface area contributed by atoms with Gasteiger partial charge in [0, 0.05) is 24.5 Å². The normalized spacial score (nSPS) is 11.9. The molecule has 3 rings (SSSR count). The summed E-state index contributed by atoms with van der Waals surface area (Å²) in [6.45, 7) is 3.26. The Labute approximate surface area is 148 Å². The molecule has 0 radical (unpaired) electrons. The monoisotopic (exact) mass is 355 g/mol. The molecule has 0 aliphatic rings. The van der Waals surface area contributed by atoms with Crippen molar-refractivity contribution in [1.29, 1.82) is 0 Å². The Balaban J connectivity index is 1.63. The second-order valence-corrected chi connectivity index (χ2v) is 6.73. The summed E-state index contributed by atoms with van der Waals surface area (Å²) in [6.07, 6.45) is 1.86. The van der Waals surface area contributed by atoms with Crippen LogP contribution in [0.3, 0.4) is 0 Å². The average molecular weight is 355 g/mol. The van der Waals surface area contributed by atoms with E-state index in [0.29, 0.717) is 16.5 Å². The van der Waals surface area contributed by atoms with Gasteiger partial charge in [0.1, 0.15) is 0 Å². The van der Waals surface area contributed by atoms with Crippen molar-refractivity contribution in [2.45, 2.75) is 24.3 Å². The molecule has 0 bridgehead atoms. The summed E-state index contributed by atoms with van der Waals surface area (Å²) < 4.78 is 1.84. The van der Waals surface area contributed by atoms with Crippen LogP contribution >= 0.6 is 11.8 Å². The highest BCUT2D eigenvalue weighted by atomic mass is 32.2. The van der Waals surface area contributed by atoms with E-state index in [9.17, 15) is 9.59 Å². The fraction of sp³-hybridized carbons (Fsp3) is 0.176. The predicted molar refractivity (Wildman–Crippen MR) is 97.7 cm³/mol. The summed E-state index contributed by atoms with van der Waals surface area (Å²) in [5.41, 5.74) is 2.09. The SMILES string of the molecule is CC(=O)Nc1ccc(NC(=O)[C@@H](C)Sc2nnc3ccccn23)cc1. The van der Waals surface area contributed by atoms with Crippen molar-refractivity contribution in [2.24, 2.45) is 0 Å². The highest BCUT2D eigenvalue weighted by Gasteiger charge is 2.18. The van der Waals surface area contributed by atoms with Crippen LogP contribution in [0.4, 0.5) is 11.4 Å².